The van der Waals surface area contributed by atoms with Crippen molar-refractivity contribution in [2.45, 2.75) is 38.9 Å². The quantitative estimate of drug-likeness (QED) is 0.522. The molecule has 0 saturated carbocycles. The second-order valence-electron chi connectivity index (χ2n) is 8.92. The van der Waals surface area contributed by atoms with Gasteiger partial charge in [-0.3, -0.25) is 19.4 Å². The first kappa shape index (κ1) is 25.5. The summed E-state index contributed by atoms with van der Waals surface area (Å²) in [5, 5.41) is 5.18. The Balaban J connectivity index is 2.04. The summed E-state index contributed by atoms with van der Waals surface area (Å²) in [6, 6.07) is 12.3. The van der Waals surface area contributed by atoms with Crippen molar-refractivity contribution in [2.24, 2.45) is 0 Å². The number of carbonyl (C=O) groups is 3. The highest BCUT2D eigenvalue weighted by atomic mass is 19.1. The highest BCUT2D eigenvalue weighted by Gasteiger charge is 2.37. The first-order valence-corrected chi connectivity index (χ1v) is 10.9. The van der Waals surface area contributed by atoms with Gasteiger partial charge in [-0.1, -0.05) is 24.3 Å². The van der Waals surface area contributed by atoms with E-state index in [1.807, 2.05) is 0 Å². The van der Waals surface area contributed by atoms with Gasteiger partial charge >= 0.3 is 11.8 Å². The van der Waals surface area contributed by atoms with Crippen LogP contribution in [0.5, 0.6) is 0 Å². The molecule has 2 aromatic carbocycles. The summed E-state index contributed by atoms with van der Waals surface area (Å²) in [6.07, 6.45) is 3.02. The van der Waals surface area contributed by atoms with Gasteiger partial charge in [-0.15, -0.1) is 0 Å². The maximum absolute atomic E-state index is 14.9. The molecular formula is C26H26F2N4O3. The van der Waals surface area contributed by atoms with Crippen molar-refractivity contribution >= 4 is 23.4 Å². The predicted octanol–water partition coefficient (Wildman–Crippen LogP) is 3.98. The Morgan fingerprint density at radius 2 is 1.66 bits per heavy atom. The van der Waals surface area contributed by atoms with Crippen molar-refractivity contribution in [1.29, 1.82) is 0 Å². The zero-order valence-corrected chi connectivity index (χ0v) is 19.6. The van der Waals surface area contributed by atoms with Crippen molar-refractivity contribution in [1.82, 2.24) is 15.2 Å². The standard InChI is InChI=1S/C26H26F2N4O3/c1-26(2,3)31-23(33)22(20-8-4-5-9-21(20)28)32(16-17-7-6-14-29-15-17)25(35)24(34)30-19-12-10-18(27)11-13-19/h4-15,22H,16H2,1-3H3,(H,30,34)(H,31,33)/t22-/m0/s1. The number of anilines is 1. The fraction of sp³-hybridized carbons (Fsp3) is 0.231. The van der Waals surface area contributed by atoms with Gasteiger partial charge in [0.05, 0.1) is 0 Å². The number of halogens is 2. The Bertz CT molecular complexity index is 1200. The van der Waals surface area contributed by atoms with E-state index >= 15 is 0 Å². The van der Waals surface area contributed by atoms with Crippen LogP contribution in [0.15, 0.2) is 73.1 Å². The van der Waals surface area contributed by atoms with E-state index in [2.05, 4.69) is 15.6 Å². The Morgan fingerprint density at radius 1 is 0.971 bits per heavy atom. The minimum atomic E-state index is -1.46. The van der Waals surface area contributed by atoms with Crippen LogP contribution in [-0.4, -0.2) is 33.1 Å². The number of nitrogens with zero attached hydrogens (tertiary/aromatic N) is 2. The van der Waals surface area contributed by atoms with Gasteiger partial charge in [-0.2, -0.15) is 0 Å². The topological polar surface area (TPSA) is 91.4 Å². The highest BCUT2D eigenvalue weighted by molar-refractivity contribution is 6.39. The molecule has 3 aromatic rings. The third kappa shape index (κ3) is 6.92. The van der Waals surface area contributed by atoms with Crippen LogP contribution in [0, 0.1) is 11.6 Å². The van der Waals surface area contributed by atoms with Crippen LogP contribution in [-0.2, 0) is 20.9 Å². The molecule has 7 nitrogen and oxygen atoms in total. The second-order valence-corrected chi connectivity index (χ2v) is 8.92. The monoisotopic (exact) mass is 480 g/mol. The zero-order valence-electron chi connectivity index (χ0n) is 19.6. The zero-order chi connectivity index (χ0) is 25.6. The fourth-order valence-corrected chi connectivity index (χ4v) is 3.40. The molecule has 0 bridgehead atoms. The molecule has 1 aromatic heterocycles. The molecule has 2 N–H and O–H groups in total. The van der Waals surface area contributed by atoms with Crippen LogP contribution in [0.25, 0.3) is 0 Å². The lowest BCUT2D eigenvalue weighted by Crippen LogP contribution is -2.51. The SMILES string of the molecule is CC(C)(C)NC(=O)[C@H](c1ccccc1F)N(Cc1cccnc1)C(=O)C(=O)Nc1ccc(F)cc1. The summed E-state index contributed by atoms with van der Waals surface area (Å²) in [7, 11) is 0. The van der Waals surface area contributed by atoms with E-state index in [9.17, 15) is 23.2 Å². The Hall–Kier alpha value is -4.14. The number of aromatic nitrogens is 1. The van der Waals surface area contributed by atoms with Crippen LogP contribution >= 0.6 is 0 Å². The van der Waals surface area contributed by atoms with Gasteiger partial charge in [0.25, 0.3) is 0 Å². The van der Waals surface area contributed by atoms with Gasteiger partial charge in [0.1, 0.15) is 17.7 Å². The van der Waals surface area contributed by atoms with Crippen LogP contribution in [0.1, 0.15) is 37.9 Å². The lowest BCUT2D eigenvalue weighted by atomic mass is 10.00. The molecule has 1 atom stereocenters. The van der Waals surface area contributed by atoms with Crippen molar-refractivity contribution in [3.63, 3.8) is 0 Å². The van der Waals surface area contributed by atoms with Gasteiger partial charge in [0.2, 0.25) is 5.91 Å². The first-order valence-electron chi connectivity index (χ1n) is 10.9. The molecule has 182 valence electrons. The van der Waals surface area contributed by atoms with Gasteiger partial charge in [0, 0.05) is 35.7 Å². The molecule has 3 rings (SSSR count). The minimum absolute atomic E-state index is 0.0685. The van der Waals surface area contributed by atoms with Crippen molar-refractivity contribution in [3.8, 4) is 0 Å². The Labute approximate surface area is 202 Å². The van der Waals surface area contributed by atoms with E-state index in [0.717, 1.165) is 17.0 Å². The second kappa shape index (κ2) is 10.9. The Kier molecular flexibility index (Phi) is 7.91. The minimum Gasteiger partial charge on any atom is -0.349 e. The summed E-state index contributed by atoms with van der Waals surface area (Å²) in [6.45, 7) is 5.05. The molecule has 0 radical (unpaired) electrons. The van der Waals surface area contributed by atoms with Crippen LogP contribution in [0.3, 0.4) is 0 Å². The smallest absolute Gasteiger partial charge is 0.313 e. The molecule has 0 fully saturated rings. The van der Waals surface area contributed by atoms with Gasteiger partial charge in [-0.05, 0) is 62.7 Å². The summed E-state index contributed by atoms with van der Waals surface area (Å²) in [5.74, 6) is -4.01. The van der Waals surface area contributed by atoms with E-state index in [1.165, 1.54) is 42.7 Å². The molecular weight excluding hydrogens is 454 g/mol. The third-order valence-electron chi connectivity index (χ3n) is 4.89. The number of benzene rings is 2. The van der Waals surface area contributed by atoms with E-state index < -0.39 is 40.9 Å². The number of hydrogen-bond donors (Lipinski definition) is 2. The van der Waals surface area contributed by atoms with E-state index in [0.29, 0.717) is 5.56 Å². The van der Waals surface area contributed by atoms with Crippen molar-refractivity contribution in [3.05, 3.63) is 95.8 Å². The number of hydrogen-bond acceptors (Lipinski definition) is 4. The number of nitrogens with one attached hydrogen (secondary N) is 2. The predicted molar refractivity (Wildman–Crippen MR) is 127 cm³/mol. The maximum atomic E-state index is 14.9. The average molecular weight is 481 g/mol. The average Bonchev–Trinajstić information content (AvgIpc) is 2.80. The molecule has 0 aliphatic heterocycles. The van der Waals surface area contributed by atoms with Gasteiger partial charge in [-0.25, -0.2) is 8.78 Å². The molecule has 0 aliphatic rings. The van der Waals surface area contributed by atoms with Crippen LogP contribution in [0.4, 0.5) is 14.5 Å². The number of pyridine rings is 1. The molecule has 0 saturated heterocycles. The lowest BCUT2D eigenvalue weighted by Gasteiger charge is -2.33. The van der Waals surface area contributed by atoms with Crippen LogP contribution in [0.2, 0.25) is 0 Å². The molecule has 0 aliphatic carbocycles. The number of amides is 3. The van der Waals surface area contributed by atoms with Gasteiger partial charge < -0.3 is 15.5 Å². The summed E-state index contributed by atoms with van der Waals surface area (Å²) in [4.78, 5) is 44.8. The summed E-state index contributed by atoms with van der Waals surface area (Å²) >= 11 is 0. The summed E-state index contributed by atoms with van der Waals surface area (Å²) < 4.78 is 28.1. The van der Waals surface area contributed by atoms with Crippen molar-refractivity contribution in [2.75, 3.05) is 5.32 Å². The highest BCUT2D eigenvalue weighted by Crippen LogP contribution is 2.27. The van der Waals surface area contributed by atoms with Crippen LogP contribution < -0.4 is 10.6 Å². The normalized spacial score (nSPS) is 11.9. The number of carbonyl (C=O) groups excluding carboxylic acids is 3. The van der Waals surface area contributed by atoms with Crippen molar-refractivity contribution < 1.29 is 23.2 Å². The molecule has 3 amide bonds. The molecule has 9 heteroatoms. The Morgan fingerprint density at radius 3 is 2.26 bits per heavy atom. The maximum Gasteiger partial charge on any atom is 0.313 e. The molecule has 0 unspecified atom stereocenters. The largest absolute Gasteiger partial charge is 0.349 e. The number of rotatable bonds is 6. The first-order chi connectivity index (χ1) is 16.5. The molecule has 0 spiro atoms. The fourth-order valence-electron chi connectivity index (χ4n) is 3.40. The lowest BCUT2D eigenvalue weighted by molar-refractivity contribution is -0.148. The van der Waals surface area contributed by atoms with E-state index in [4.69, 9.17) is 0 Å². The summed E-state index contributed by atoms with van der Waals surface area (Å²) in [5.41, 5.74) is -0.0472. The van der Waals surface area contributed by atoms with E-state index in [-0.39, 0.29) is 17.8 Å². The third-order valence-corrected chi connectivity index (χ3v) is 4.89. The molecule has 1 heterocycles. The van der Waals surface area contributed by atoms with E-state index in [1.54, 1.807) is 39.0 Å². The molecule has 35 heavy (non-hydrogen) atoms. The van der Waals surface area contributed by atoms with Gasteiger partial charge in [0.15, 0.2) is 0 Å².